The number of hydrogen-bond acceptors (Lipinski definition) is 8. The molecule has 0 unspecified atom stereocenters. The zero-order valence-corrected chi connectivity index (χ0v) is 16.8. The molecule has 4 aromatic rings. The van der Waals surface area contributed by atoms with Gasteiger partial charge in [-0.25, -0.2) is 15.0 Å². The van der Waals surface area contributed by atoms with Crippen LogP contribution in [0, 0.1) is 0 Å². The van der Waals surface area contributed by atoms with Crippen molar-refractivity contribution < 1.29 is 9.26 Å². The van der Waals surface area contributed by atoms with Crippen molar-refractivity contribution in [3.8, 4) is 22.7 Å². The van der Waals surface area contributed by atoms with Crippen LogP contribution in [0.15, 0.2) is 53.7 Å². The van der Waals surface area contributed by atoms with E-state index < -0.39 is 0 Å². The number of nitrogens with two attached hydrogens (primary N) is 1. The van der Waals surface area contributed by atoms with Crippen LogP contribution in [0.4, 0.5) is 5.95 Å². The minimum Gasteiger partial charge on any atom is -0.377 e. The number of aromatic nitrogens is 6. The lowest BCUT2D eigenvalue weighted by molar-refractivity contribution is -0.0233. The molecule has 1 aliphatic carbocycles. The highest BCUT2D eigenvalue weighted by Crippen LogP contribution is 2.48. The Bertz CT molecular complexity index is 1210. The van der Waals surface area contributed by atoms with Gasteiger partial charge in [-0.15, -0.1) is 0 Å². The molecule has 32 heavy (non-hydrogen) atoms. The predicted octanol–water partition coefficient (Wildman–Crippen LogP) is 3.65. The fourth-order valence-corrected chi connectivity index (χ4v) is 4.20. The Kier molecular flexibility index (Phi) is 4.97. The van der Waals surface area contributed by atoms with Crippen molar-refractivity contribution in [3.63, 3.8) is 0 Å². The number of imidazole rings is 1. The molecule has 2 fully saturated rings. The van der Waals surface area contributed by atoms with Crippen LogP contribution in [0.1, 0.15) is 44.1 Å². The van der Waals surface area contributed by atoms with Crippen molar-refractivity contribution >= 4 is 5.95 Å². The number of nitrogens with zero attached hydrogens (tertiary/aromatic N) is 6. The molecule has 0 amide bonds. The average molecular weight is 432 g/mol. The van der Waals surface area contributed by atoms with Crippen LogP contribution in [0.2, 0.25) is 0 Å². The SMILES string of the molecule is C.Nc1ncc(-c2ccc(C3(c4noc(-c5cn(C6COC6)cn5)n4)CCC3)cc2)cn1. The van der Waals surface area contributed by atoms with Gasteiger partial charge in [0.2, 0.25) is 5.95 Å². The van der Waals surface area contributed by atoms with Gasteiger partial charge in [-0.2, -0.15) is 4.98 Å². The molecule has 164 valence electrons. The molecule has 0 atom stereocenters. The van der Waals surface area contributed by atoms with Crippen molar-refractivity contribution in [3.05, 3.63) is 60.6 Å². The quantitative estimate of drug-likeness (QED) is 0.509. The summed E-state index contributed by atoms with van der Waals surface area (Å²) in [4.78, 5) is 17.3. The van der Waals surface area contributed by atoms with Crippen molar-refractivity contribution in [1.82, 2.24) is 29.7 Å². The molecule has 4 heterocycles. The van der Waals surface area contributed by atoms with E-state index in [9.17, 15) is 0 Å². The maximum atomic E-state index is 5.61. The number of rotatable bonds is 5. The smallest absolute Gasteiger partial charge is 0.278 e. The van der Waals surface area contributed by atoms with Crippen LogP contribution in [0.5, 0.6) is 0 Å². The van der Waals surface area contributed by atoms with Gasteiger partial charge in [0.25, 0.3) is 5.89 Å². The Balaban J connectivity index is 0.00000216. The van der Waals surface area contributed by atoms with Gasteiger partial charge in [0, 0.05) is 24.2 Å². The summed E-state index contributed by atoms with van der Waals surface area (Å²) in [5, 5.41) is 4.35. The molecule has 3 aromatic heterocycles. The van der Waals surface area contributed by atoms with Crippen molar-refractivity contribution in [2.24, 2.45) is 0 Å². The minimum absolute atomic E-state index is 0. The highest BCUT2D eigenvalue weighted by atomic mass is 16.5. The Labute approximate surface area is 185 Å². The number of nitrogen functional groups attached to an aromatic ring is 1. The standard InChI is InChI=1S/C22H21N7O2.CH4/c23-21-24-8-15(9-25-21)14-2-4-16(5-3-14)22(6-1-7-22)20-27-19(31-28-20)18-10-29(13-26-18)17-11-30-12-17;/h2-5,8-10,13,17H,1,6-7,11-12H2,(H2,23,24,25);1H4. The molecule has 6 rings (SSSR count). The largest absolute Gasteiger partial charge is 0.377 e. The maximum absolute atomic E-state index is 5.61. The molecule has 1 aliphatic heterocycles. The Hall–Kier alpha value is -3.59. The third-order valence-corrected chi connectivity index (χ3v) is 6.37. The Morgan fingerprint density at radius 2 is 1.75 bits per heavy atom. The molecule has 2 aliphatic rings. The zero-order chi connectivity index (χ0) is 20.8. The second kappa shape index (κ2) is 7.83. The van der Waals surface area contributed by atoms with Crippen LogP contribution in [0.3, 0.4) is 0 Å². The molecule has 9 heteroatoms. The van der Waals surface area contributed by atoms with Gasteiger partial charge in [0.15, 0.2) is 5.82 Å². The first-order chi connectivity index (χ1) is 15.2. The average Bonchev–Trinajstić information content (AvgIpc) is 3.38. The first-order valence-electron chi connectivity index (χ1n) is 10.4. The molecular weight excluding hydrogens is 406 g/mol. The lowest BCUT2D eigenvalue weighted by Crippen LogP contribution is -2.36. The van der Waals surface area contributed by atoms with Crippen LogP contribution in [-0.4, -0.2) is 42.9 Å². The van der Waals surface area contributed by atoms with E-state index in [-0.39, 0.29) is 18.8 Å². The van der Waals surface area contributed by atoms with Gasteiger partial charge in [-0.05, 0) is 24.0 Å². The number of benzene rings is 1. The predicted molar refractivity (Wildman–Crippen MR) is 119 cm³/mol. The Morgan fingerprint density at radius 1 is 1.00 bits per heavy atom. The summed E-state index contributed by atoms with van der Waals surface area (Å²) in [5.41, 5.74) is 9.21. The second-order valence-electron chi connectivity index (χ2n) is 8.16. The van der Waals surface area contributed by atoms with E-state index >= 15 is 0 Å². The fourth-order valence-electron chi connectivity index (χ4n) is 4.20. The van der Waals surface area contributed by atoms with Crippen LogP contribution in [-0.2, 0) is 10.2 Å². The fraction of sp³-hybridized carbons (Fsp3) is 0.348. The summed E-state index contributed by atoms with van der Waals surface area (Å²) in [6.45, 7) is 1.43. The summed E-state index contributed by atoms with van der Waals surface area (Å²) in [7, 11) is 0. The molecule has 9 nitrogen and oxygen atoms in total. The van der Waals surface area contributed by atoms with Gasteiger partial charge < -0.3 is 19.6 Å². The van der Waals surface area contributed by atoms with Crippen LogP contribution in [0.25, 0.3) is 22.7 Å². The first-order valence-corrected chi connectivity index (χ1v) is 10.4. The lowest BCUT2D eigenvalue weighted by Gasteiger charge is -2.39. The van der Waals surface area contributed by atoms with Gasteiger partial charge in [0.1, 0.15) is 5.69 Å². The molecule has 1 saturated heterocycles. The lowest BCUT2D eigenvalue weighted by atomic mass is 9.64. The topological polar surface area (TPSA) is 118 Å². The van der Waals surface area contributed by atoms with Crippen LogP contribution >= 0.6 is 0 Å². The van der Waals surface area contributed by atoms with E-state index in [0.717, 1.165) is 36.2 Å². The first kappa shape index (κ1) is 20.3. The van der Waals surface area contributed by atoms with Gasteiger partial charge in [-0.1, -0.05) is 43.3 Å². The van der Waals surface area contributed by atoms with Gasteiger partial charge in [0.05, 0.1) is 31.0 Å². The zero-order valence-electron chi connectivity index (χ0n) is 16.8. The van der Waals surface area contributed by atoms with E-state index in [1.54, 1.807) is 18.7 Å². The van der Waals surface area contributed by atoms with E-state index in [2.05, 4.69) is 44.4 Å². The second-order valence-corrected chi connectivity index (χ2v) is 8.16. The molecule has 0 radical (unpaired) electrons. The number of ether oxygens (including phenoxy) is 1. The number of anilines is 1. The maximum Gasteiger partial charge on any atom is 0.278 e. The molecule has 2 N–H and O–H groups in total. The molecule has 0 bridgehead atoms. The van der Waals surface area contributed by atoms with Gasteiger partial charge in [-0.3, -0.25) is 0 Å². The Morgan fingerprint density at radius 3 is 2.38 bits per heavy atom. The van der Waals surface area contributed by atoms with Crippen LogP contribution < -0.4 is 5.73 Å². The van der Waals surface area contributed by atoms with Crippen molar-refractivity contribution in [2.45, 2.75) is 38.1 Å². The molecular formula is C23H25N7O2. The number of hydrogen-bond donors (Lipinski definition) is 1. The summed E-state index contributed by atoms with van der Waals surface area (Å²) in [6, 6.07) is 8.76. The molecule has 1 saturated carbocycles. The minimum atomic E-state index is -0.220. The van der Waals surface area contributed by atoms with Crippen molar-refractivity contribution in [1.29, 1.82) is 0 Å². The van der Waals surface area contributed by atoms with E-state index in [1.807, 2.05) is 10.8 Å². The van der Waals surface area contributed by atoms with E-state index in [1.165, 1.54) is 5.56 Å². The monoisotopic (exact) mass is 431 g/mol. The third-order valence-electron chi connectivity index (χ3n) is 6.37. The normalized spacial score (nSPS) is 17.2. The highest BCUT2D eigenvalue weighted by Gasteiger charge is 2.44. The molecule has 1 aromatic carbocycles. The van der Waals surface area contributed by atoms with Crippen molar-refractivity contribution in [2.75, 3.05) is 18.9 Å². The van der Waals surface area contributed by atoms with E-state index in [4.69, 9.17) is 20.0 Å². The highest BCUT2D eigenvalue weighted by molar-refractivity contribution is 5.63. The summed E-state index contributed by atoms with van der Waals surface area (Å²) < 4.78 is 12.9. The summed E-state index contributed by atoms with van der Waals surface area (Å²) in [5.74, 6) is 1.45. The van der Waals surface area contributed by atoms with Gasteiger partial charge >= 0.3 is 0 Å². The third kappa shape index (κ3) is 3.25. The summed E-state index contributed by atoms with van der Waals surface area (Å²) >= 11 is 0. The summed E-state index contributed by atoms with van der Waals surface area (Å²) in [6.07, 6.45) is 10.3. The molecule has 0 spiro atoms. The van der Waals surface area contributed by atoms with E-state index in [0.29, 0.717) is 30.8 Å².